The van der Waals surface area contributed by atoms with Crippen molar-refractivity contribution in [2.24, 2.45) is 5.92 Å². The van der Waals surface area contributed by atoms with E-state index < -0.39 is 0 Å². The van der Waals surface area contributed by atoms with Crippen LogP contribution in [0, 0.1) is 5.92 Å². The molecule has 0 unspecified atom stereocenters. The summed E-state index contributed by atoms with van der Waals surface area (Å²) >= 11 is 1.41. The van der Waals surface area contributed by atoms with E-state index in [-0.39, 0.29) is 11.8 Å². The highest BCUT2D eigenvalue weighted by Gasteiger charge is 2.26. The Labute approximate surface area is 146 Å². The number of hydrogen-bond donors (Lipinski definition) is 0. The minimum Gasteiger partial charge on any atom is -0.338 e. The maximum atomic E-state index is 13.0. The number of carbonyl (C=O) groups excluding carboxylic acids is 2. The van der Waals surface area contributed by atoms with Gasteiger partial charge in [-0.25, -0.2) is 0 Å². The van der Waals surface area contributed by atoms with Crippen LogP contribution in [-0.4, -0.2) is 36.9 Å². The highest BCUT2D eigenvalue weighted by molar-refractivity contribution is 7.12. The molecule has 5 heteroatoms. The number of carbonyl (C=O) groups is 2. The number of thiophene rings is 1. The summed E-state index contributed by atoms with van der Waals surface area (Å²) in [7, 11) is 1.73. The van der Waals surface area contributed by atoms with Gasteiger partial charge in [-0.2, -0.15) is 0 Å². The Morgan fingerprint density at radius 1 is 1.21 bits per heavy atom. The van der Waals surface area contributed by atoms with Crippen LogP contribution in [0.4, 0.5) is 5.69 Å². The summed E-state index contributed by atoms with van der Waals surface area (Å²) in [6, 6.07) is 11.0. The number of benzene rings is 1. The Kier molecular flexibility index (Phi) is 5.00. The molecule has 0 saturated carbocycles. The van der Waals surface area contributed by atoms with E-state index in [4.69, 9.17) is 0 Å². The van der Waals surface area contributed by atoms with E-state index in [2.05, 4.69) is 6.92 Å². The van der Waals surface area contributed by atoms with Gasteiger partial charge < -0.3 is 9.80 Å². The fourth-order valence-electron chi connectivity index (χ4n) is 3.17. The molecule has 4 nitrogen and oxygen atoms in total. The SMILES string of the molecule is C[C@@H]1CCCN(C(=O)c2ccccc2N(C)C(=O)c2cccs2)C1. The van der Waals surface area contributed by atoms with Crippen molar-refractivity contribution >= 4 is 28.8 Å². The molecule has 3 rings (SSSR count). The lowest BCUT2D eigenvalue weighted by Gasteiger charge is -2.32. The molecular formula is C19H22N2O2S. The molecule has 24 heavy (non-hydrogen) atoms. The number of likely N-dealkylation sites (tertiary alicyclic amines) is 1. The maximum absolute atomic E-state index is 13.0. The molecule has 0 aliphatic carbocycles. The van der Waals surface area contributed by atoms with Gasteiger partial charge in [0.1, 0.15) is 0 Å². The molecule has 0 spiro atoms. The number of para-hydroxylation sites is 1. The topological polar surface area (TPSA) is 40.6 Å². The van der Waals surface area contributed by atoms with Crippen LogP contribution < -0.4 is 4.90 Å². The lowest BCUT2D eigenvalue weighted by Crippen LogP contribution is -2.40. The van der Waals surface area contributed by atoms with Gasteiger partial charge in [-0.1, -0.05) is 25.1 Å². The van der Waals surface area contributed by atoms with Crippen molar-refractivity contribution in [3.63, 3.8) is 0 Å². The lowest BCUT2D eigenvalue weighted by molar-refractivity contribution is 0.0684. The first-order chi connectivity index (χ1) is 11.6. The zero-order valence-corrected chi connectivity index (χ0v) is 14.9. The van der Waals surface area contributed by atoms with E-state index in [0.717, 1.165) is 19.5 Å². The van der Waals surface area contributed by atoms with E-state index in [1.807, 2.05) is 40.6 Å². The van der Waals surface area contributed by atoms with Gasteiger partial charge in [0.2, 0.25) is 0 Å². The first kappa shape index (κ1) is 16.7. The first-order valence-electron chi connectivity index (χ1n) is 8.28. The molecule has 126 valence electrons. The van der Waals surface area contributed by atoms with E-state index >= 15 is 0 Å². The van der Waals surface area contributed by atoms with Crippen LogP contribution in [0.5, 0.6) is 0 Å². The average molecular weight is 342 g/mol. The van der Waals surface area contributed by atoms with E-state index in [1.54, 1.807) is 18.0 Å². The second-order valence-corrected chi connectivity index (χ2v) is 7.30. The highest BCUT2D eigenvalue weighted by Crippen LogP contribution is 2.26. The lowest BCUT2D eigenvalue weighted by atomic mass is 9.99. The summed E-state index contributed by atoms with van der Waals surface area (Å²) in [6.07, 6.45) is 2.21. The molecule has 0 N–H and O–H groups in total. The van der Waals surface area contributed by atoms with Gasteiger partial charge in [0.05, 0.1) is 16.1 Å². The van der Waals surface area contributed by atoms with Crippen molar-refractivity contribution in [2.45, 2.75) is 19.8 Å². The van der Waals surface area contributed by atoms with Gasteiger partial charge in [-0.15, -0.1) is 11.3 Å². The molecule has 2 heterocycles. The van der Waals surface area contributed by atoms with Crippen molar-refractivity contribution in [1.82, 2.24) is 4.90 Å². The number of anilines is 1. The number of piperidine rings is 1. The van der Waals surface area contributed by atoms with Crippen LogP contribution in [0.2, 0.25) is 0 Å². The summed E-state index contributed by atoms with van der Waals surface area (Å²) in [5, 5.41) is 1.88. The molecular weight excluding hydrogens is 320 g/mol. The Bertz CT molecular complexity index is 727. The highest BCUT2D eigenvalue weighted by atomic mass is 32.1. The van der Waals surface area contributed by atoms with Gasteiger partial charge in [-0.05, 0) is 42.3 Å². The first-order valence-corrected chi connectivity index (χ1v) is 9.15. The molecule has 1 aromatic carbocycles. The fraction of sp³-hybridized carbons (Fsp3) is 0.368. The average Bonchev–Trinajstić information content (AvgIpc) is 3.14. The van der Waals surface area contributed by atoms with E-state index in [9.17, 15) is 9.59 Å². The molecule has 2 amide bonds. The Hall–Kier alpha value is -2.14. The molecule has 1 atom stereocenters. The third-order valence-corrected chi connectivity index (χ3v) is 5.33. The number of amides is 2. The standard InChI is InChI=1S/C19H22N2O2S/c1-14-7-5-11-21(13-14)18(22)15-8-3-4-9-16(15)20(2)19(23)17-10-6-12-24-17/h3-4,6,8-10,12,14H,5,7,11,13H2,1-2H3/t14-/m1/s1. The van der Waals surface area contributed by atoms with Gasteiger partial charge in [-0.3, -0.25) is 9.59 Å². The van der Waals surface area contributed by atoms with Crippen LogP contribution in [0.15, 0.2) is 41.8 Å². The minimum atomic E-state index is -0.0859. The van der Waals surface area contributed by atoms with E-state index in [1.165, 1.54) is 17.8 Å². The number of hydrogen-bond acceptors (Lipinski definition) is 3. The van der Waals surface area contributed by atoms with Crippen LogP contribution in [-0.2, 0) is 0 Å². The molecule has 0 bridgehead atoms. The summed E-state index contributed by atoms with van der Waals surface area (Å²) < 4.78 is 0. The predicted molar refractivity (Wildman–Crippen MR) is 97.8 cm³/mol. The Morgan fingerprint density at radius 3 is 2.71 bits per heavy atom. The van der Waals surface area contributed by atoms with Crippen LogP contribution >= 0.6 is 11.3 Å². The monoisotopic (exact) mass is 342 g/mol. The van der Waals surface area contributed by atoms with Gasteiger partial charge in [0.15, 0.2) is 0 Å². The second-order valence-electron chi connectivity index (χ2n) is 6.36. The second kappa shape index (κ2) is 7.18. The van der Waals surface area contributed by atoms with Gasteiger partial charge in [0, 0.05) is 20.1 Å². The summed E-state index contributed by atoms with van der Waals surface area (Å²) in [4.78, 5) is 29.8. The molecule has 2 aromatic rings. The third-order valence-electron chi connectivity index (χ3n) is 4.48. The molecule has 1 fully saturated rings. The van der Waals surface area contributed by atoms with Crippen LogP contribution in [0.1, 0.15) is 39.8 Å². The summed E-state index contributed by atoms with van der Waals surface area (Å²) in [6.45, 7) is 3.76. The molecule has 1 aliphatic rings. The van der Waals surface area contributed by atoms with Crippen LogP contribution in [0.25, 0.3) is 0 Å². The van der Waals surface area contributed by atoms with Crippen LogP contribution in [0.3, 0.4) is 0 Å². The number of rotatable bonds is 3. The van der Waals surface area contributed by atoms with Crippen molar-refractivity contribution in [3.05, 3.63) is 52.2 Å². The largest absolute Gasteiger partial charge is 0.338 e. The zero-order valence-electron chi connectivity index (χ0n) is 14.1. The van der Waals surface area contributed by atoms with Crippen molar-refractivity contribution in [1.29, 1.82) is 0 Å². The maximum Gasteiger partial charge on any atom is 0.268 e. The smallest absolute Gasteiger partial charge is 0.268 e. The van der Waals surface area contributed by atoms with Crippen molar-refractivity contribution < 1.29 is 9.59 Å². The number of nitrogens with zero attached hydrogens (tertiary/aromatic N) is 2. The van der Waals surface area contributed by atoms with E-state index in [0.29, 0.717) is 22.0 Å². The van der Waals surface area contributed by atoms with Gasteiger partial charge in [0.25, 0.3) is 11.8 Å². The molecule has 1 saturated heterocycles. The summed E-state index contributed by atoms with van der Waals surface area (Å²) in [5.41, 5.74) is 1.26. The minimum absolute atomic E-state index is 0.0166. The predicted octanol–water partition coefficient (Wildman–Crippen LogP) is 3.90. The Balaban J connectivity index is 1.87. The summed E-state index contributed by atoms with van der Waals surface area (Å²) in [5.74, 6) is 0.459. The van der Waals surface area contributed by atoms with Crippen molar-refractivity contribution in [2.75, 3.05) is 25.0 Å². The molecule has 1 aliphatic heterocycles. The van der Waals surface area contributed by atoms with Crippen molar-refractivity contribution in [3.8, 4) is 0 Å². The zero-order chi connectivity index (χ0) is 17.1. The molecule has 1 aromatic heterocycles. The fourth-order valence-corrected chi connectivity index (χ4v) is 3.86. The van der Waals surface area contributed by atoms with Gasteiger partial charge >= 0.3 is 0 Å². The molecule has 0 radical (unpaired) electrons. The third kappa shape index (κ3) is 3.36. The quantitative estimate of drug-likeness (QED) is 0.849. The Morgan fingerprint density at radius 2 is 2.00 bits per heavy atom. The normalized spacial score (nSPS) is 17.6.